The molecule has 0 unspecified atom stereocenters. The van der Waals surface area contributed by atoms with Gasteiger partial charge in [-0.3, -0.25) is 0 Å². The van der Waals surface area contributed by atoms with Crippen molar-refractivity contribution in [2.24, 2.45) is 11.7 Å². The third-order valence-electron chi connectivity index (χ3n) is 2.42. The van der Waals surface area contributed by atoms with Gasteiger partial charge in [-0.2, -0.15) is 0 Å². The summed E-state index contributed by atoms with van der Waals surface area (Å²) in [5.74, 6) is 1.55. The highest BCUT2D eigenvalue weighted by molar-refractivity contribution is 7.10. The maximum Gasteiger partial charge on any atom is 0.00796 e. The van der Waals surface area contributed by atoms with E-state index in [1.54, 1.807) is 0 Å². The zero-order valence-electron chi connectivity index (χ0n) is 6.66. The molecule has 0 bridgehead atoms. The van der Waals surface area contributed by atoms with Crippen molar-refractivity contribution in [1.29, 1.82) is 0 Å². The standard InChI is InChI=1S/C9H13NS/c1-6(10)7-5-8(7)9-3-2-4-11-9/h2-4,6-8H,5,10H2,1H3/t6-,7+,8-/m0/s1. The molecule has 1 aromatic rings. The molecule has 0 aromatic carbocycles. The van der Waals surface area contributed by atoms with E-state index < -0.39 is 0 Å². The minimum absolute atomic E-state index is 0.377. The summed E-state index contributed by atoms with van der Waals surface area (Å²) in [7, 11) is 0. The lowest BCUT2D eigenvalue weighted by molar-refractivity contribution is 0.633. The predicted octanol–water partition coefficient (Wildman–Crippen LogP) is 2.20. The van der Waals surface area contributed by atoms with Gasteiger partial charge < -0.3 is 5.73 Å². The predicted molar refractivity (Wildman–Crippen MR) is 48.8 cm³/mol. The molecule has 0 saturated heterocycles. The Labute approximate surface area is 71.2 Å². The van der Waals surface area contributed by atoms with Gasteiger partial charge in [0.1, 0.15) is 0 Å². The molecule has 1 aliphatic carbocycles. The third kappa shape index (κ3) is 1.33. The molecule has 1 aromatic heterocycles. The average Bonchev–Trinajstić information content (AvgIpc) is 2.60. The van der Waals surface area contributed by atoms with Crippen molar-refractivity contribution in [3.63, 3.8) is 0 Å². The largest absolute Gasteiger partial charge is 0.328 e. The van der Waals surface area contributed by atoms with Crippen molar-refractivity contribution in [3.05, 3.63) is 22.4 Å². The Hall–Kier alpha value is -0.340. The van der Waals surface area contributed by atoms with Gasteiger partial charge in [-0.05, 0) is 36.6 Å². The topological polar surface area (TPSA) is 26.0 Å². The quantitative estimate of drug-likeness (QED) is 0.718. The Morgan fingerprint density at radius 1 is 1.73 bits per heavy atom. The minimum Gasteiger partial charge on any atom is -0.328 e. The average molecular weight is 167 g/mol. The zero-order chi connectivity index (χ0) is 7.84. The molecule has 3 atom stereocenters. The highest BCUT2D eigenvalue weighted by atomic mass is 32.1. The van der Waals surface area contributed by atoms with Crippen molar-refractivity contribution in [2.45, 2.75) is 25.3 Å². The maximum absolute atomic E-state index is 5.80. The highest BCUT2D eigenvalue weighted by Crippen LogP contribution is 2.50. The van der Waals surface area contributed by atoms with Gasteiger partial charge in [0.25, 0.3) is 0 Å². The first-order valence-corrected chi connectivity index (χ1v) is 4.96. The third-order valence-corrected chi connectivity index (χ3v) is 3.43. The molecule has 2 heteroatoms. The normalized spacial score (nSPS) is 31.8. The van der Waals surface area contributed by atoms with E-state index in [4.69, 9.17) is 5.73 Å². The molecule has 1 saturated carbocycles. The molecule has 0 aliphatic heterocycles. The van der Waals surface area contributed by atoms with Crippen LogP contribution < -0.4 is 5.73 Å². The summed E-state index contributed by atoms with van der Waals surface area (Å²) >= 11 is 1.86. The van der Waals surface area contributed by atoms with Crippen molar-refractivity contribution >= 4 is 11.3 Å². The molecule has 1 aliphatic rings. The molecule has 0 amide bonds. The van der Waals surface area contributed by atoms with Gasteiger partial charge in [0.15, 0.2) is 0 Å². The Bertz CT molecular complexity index is 228. The molecule has 2 rings (SSSR count). The van der Waals surface area contributed by atoms with Gasteiger partial charge in [-0.15, -0.1) is 11.3 Å². The fourth-order valence-electron chi connectivity index (χ4n) is 1.63. The second-order valence-corrected chi connectivity index (χ2v) is 4.36. The van der Waals surface area contributed by atoms with Gasteiger partial charge in [-0.25, -0.2) is 0 Å². The van der Waals surface area contributed by atoms with Crippen LogP contribution in [0.3, 0.4) is 0 Å². The molecule has 0 radical (unpaired) electrons. The first-order valence-electron chi connectivity index (χ1n) is 4.08. The van der Waals surface area contributed by atoms with Crippen LogP contribution in [-0.4, -0.2) is 6.04 Å². The first kappa shape index (κ1) is 7.32. The van der Waals surface area contributed by atoms with E-state index in [0.29, 0.717) is 6.04 Å². The van der Waals surface area contributed by atoms with Gasteiger partial charge in [0.05, 0.1) is 0 Å². The van der Waals surface area contributed by atoms with Crippen molar-refractivity contribution in [1.82, 2.24) is 0 Å². The van der Waals surface area contributed by atoms with Crippen molar-refractivity contribution in [3.8, 4) is 0 Å². The first-order chi connectivity index (χ1) is 5.29. The van der Waals surface area contributed by atoms with E-state index in [2.05, 4.69) is 24.4 Å². The minimum atomic E-state index is 0.377. The molecule has 2 N–H and O–H groups in total. The van der Waals surface area contributed by atoms with Gasteiger partial charge in [0.2, 0.25) is 0 Å². The van der Waals surface area contributed by atoms with E-state index in [0.717, 1.165) is 11.8 Å². The summed E-state index contributed by atoms with van der Waals surface area (Å²) in [4.78, 5) is 1.52. The summed E-state index contributed by atoms with van der Waals surface area (Å²) in [5, 5.41) is 2.14. The molecule has 11 heavy (non-hydrogen) atoms. The molecule has 60 valence electrons. The fraction of sp³-hybridized carbons (Fsp3) is 0.556. The second kappa shape index (κ2) is 2.61. The van der Waals surface area contributed by atoms with Crippen LogP contribution in [0.4, 0.5) is 0 Å². The van der Waals surface area contributed by atoms with Crippen LogP contribution >= 0.6 is 11.3 Å². The monoisotopic (exact) mass is 167 g/mol. The Kier molecular flexibility index (Phi) is 1.74. The van der Waals surface area contributed by atoms with Crippen LogP contribution in [0.2, 0.25) is 0 Å². The van der Waals surface area contributed by atoms with Crippen molar-refractivity contribution < 1.29 is 0 Å². The maximum atomic E-state index is 5.80. The molecular weight excluding hydrogens is 154 g/mol. The lowest BCUT2D eigenvalue weighted by Crippen LogP contribution is -2.17. The highest BCUT2D eigenvalue weighted by Gasteiger charge is 2.41. The van der Waals surface area contributed by atoms with E-state index in [1.807, 2.05) is 11.3 Å². The van der Waals surface area contributed by atoms with Crippen LogP contribution in [0.1, 0.15) is 24.1 Å². The lowest BCUT2D eigenvalue weighted by atomic mass is 10.2. The lowest BCUT2D eigenvalue weighted by Gasteiger charge is -2.00. The summed E-state index contributed by atoms with van der Waals surface area (Å²) in [5.41, 5.74) is 5.80. The summed E-state index contributed by atoms with van der Waals surface area (Å²) < 4.78 is 0. The smallest absolute Gasteiger partial charge is 0.00796 e. The summed E-state index contributed by atoms with van der Waals surface area (Å²) in [6.45, 7) is 2.11. The molecular formula is C9H13NS. The number of hydrogen-bond donors (Lipinski definition) is 1. The van der Waals surface area contributed by atoms with Gasteiger partial charge in [0, 0.05) is 10.9 Å². The van der Waals surface area contributed by atoms with Crippen molar-refractivity contribution in [2.75, 3.05) is 0 Å². The van der Waals surface area contributed by atoms with Crippen LogP contribution in [-0.2, 0) is 0 Å². The Morgan fingerprint density at radius 2 is 2.55 bits per heavy atom. The number of hydrogen-bond acceptors (Lipinski definition) is 2. The summed E-state index contributed by atoms with van der Waals surface area (Å²) in [6, 6.07) is 4.72. The Morgan fingerprint density at radius 3 is 3.00 bits per heavy atom. The molecule has 1 nitrogen and oxygen atoms in total. The SMILES string of the molecule is C[C@H](N)[C@H]1C[C@@H]1c1cccs1. The zero-order valence-corrected chi connectivity index (χ0v) is 7.47. The van der Waals surface area contributed by atoms with Crippen LogP contribution in [0.15, 0.2) is 17.5 Å². The van der Waals surface area contributed by atoms with E-state index in [9.17, 15) is 0 Å². The molecule has 0 spiro atoms. The number of thiophene rings is 1. The van der Waals surface area contributed by atoms with Crippen LogP contribution in [0.25, 0.3) is 0 Å². The van der Waals surface area contributed by atoms with E-state index in [1.165, 1.54) is 11.3 Å². The van der Waals surface area contributed by atoms with Crippen LogP contribution in [0, 0.1) is 5.92 Å². The van der Waals surface area contributed by atoms with E-state index in [-0.39, 0.29) is 0 Å². The van der Waals surface area contributed by atoms with Crippen LogP contribution in [0.5, 0.6) is 0 Å². The van der Waals surface area contributed by atoms with Gasteiger partial charge >= 0.3 is 0 Å². The number of nitrogens with two attached hydrogens (primary N) is 1. The summed E-state index contributed by atoms with van der Waals surface area (Å²) in [6.07, 6.45) is 1.30. The van der Waals surface area contributed by atoms with E-state index >= 15 is 0 Å². The molecule has 1 fully saturated rings. The molecule has 1 heterocycles. The second-order valence-electron chi connectivity index (χ2n) is 3.38. The van der Waals surface area contributed by atoms with Gasteiger partial charge in [-0.1, -0.05) is 6.07 Å². The Balaban J connectivity index is 2.02. The fourth-order valence-corrected chi connectivity index (χ4v) is 2.54. The number of rotatable bonds is 2.